The zero-order valence-corrected chi connectivity index (χ0v) is 17.7. The molecular formula is C25H29N2O2+. The molecule has 0 aromatic heterocycles. The van der Waals surface area contributed by atoms with E-state index in [1.165, 1.54) is 17.0 Å². The molecule has 0 amide bonds. The van der Waals surface area contributed by atoms with Gasteiger partial charge in [-0.15, -0.1) is 0 Å². The Kier molecular flexibility index (Phi) is 6.02. The molecule has 3 rings (SSSR count). The largest absolute Gasteiger partial charge is 0.462 e. The van der Waals surface area contributed by atoms with Crippen molar-refractivity contribution in [2.24, 2.45) is 0 Å². The minimum atomic E-state index is -0.340. The van der Waals surface area contributed by atoms with Gasteiger partial charge in [-0.25, -0.2) is 4.79 Å². The second-order valence-corrected chi connectivity index (χ2v) is 7.93. The van der Waals surface area contributed by atoms with E-state index in [9.17, 15) is 4.79 Å². The molecular weight excluding hydrogens is 360 g/mol. The van der Waals surface area contributed by atoms with Crippen LogP contribution in [0.15, 0.2) is 73.0 Å². The van der Waals surface area contributed by atoms with Crippen LogP contribution in [0.5, 0.6) is 0 Å². The lowest BCUT2D eigenvalue weighted by atomic mass is 9.81. The monoisotopic (exact) mass is 389 g/mol. The lowest BCUT2D eigenvalue weighted by Gasteiger charge is -2.15. The van der Waals surface area contributed by atoms with Crippen LogP contribution in [0.4, 0.5) is 11.4 Å². The molecule has 0 saturated carbocycles. The highest BCUT2D eigenvalue weighted by Crippen LogP contribution is 2.38. The summed E-state index contributed by atoms with van der Waals surface area (Å²) in [5.41, 5.74) is 6.38. The summed E-state index contributed by atoms with van der Waals surface area (Å²) in [6, 6.07) is 16.7. The molecule has 4 heteroatoms. The van der Waals surface area contributed by atoms with Gasteiger partial charge < -0.3 is 10.1 Å². The van der Waals surface area contributed by atoms with Gasteiger partial charge >= 0.3 is 5.97 Å². The molecule has 150 valence electrons. The Balaban J connectivity index is 1.59. The van der Waals surface area contributed by atoms with Gasteiger partial charge in [-0.1, -0.05) is 36.9 Å². The summed E-state index contributed by atoms with van der Waals surface area (Å²) >= 11 is 0. The molecule has 0 unspecified atom stereocenters. The van der Waals surface area contributed by atoms with Crippen molar-refractivity contribution < 1.29 is 14.1 Å². The molecule has 4 nitrogen and oxygen atoms in total. The standard InChI is InChI=1S/C25H28N2O2/c1-18(2)24(28)29-17-15-19-10-12-20(13-11-19)26-16-14-23-25(3,4)21-8-6-7-9-22(21)27(23)5/h6-14,16H,1,15,17H2,2-5H3/p+1. The summed E-state index contributed by atoms with van der Waals surface area (Å²) in [6.07, 6.45) is 4.82. The SMILES string of the molecule is C=C(C)C(=O)OCCc1ccc(N/C=C/C2=[N+](C)c3ccccc3C2(C)C)cc1. The van der Waals surface area contributed by atoms with Crippen molar-refractivity contribution in [1.82, 2.24) is 0 Å². The number of hydrogen-bond donors (Lipinski definition) is 1. The van der Waals surface area contributed by atoms with E-state index in [2.05, 4.69) is 67.7 Å². The number of esters is 1. The zero-order valence-electron chi connectivity index (χ0n) is 17.7. The van der Waals surface area contributed by atoms with Crippen LogP contribution in [0.1, 0.15) is 31.9 Å². The van der Waals surface area contributed by atoms with E-state index in [1.807, 2.05) is 30.5 Å². The quantitative estimate of drug-likeness (QED) is 0.412. The van der Waals surface area contributed by atoms with Crippen LogP contribution < -0.4 is 5.32 Å². The molecule has 1 aliphatic heterocycles. The highest BCUT2D eigenvalue weighted by atomic mass is 16.5. The van der Waals surface area contributed by atoms with E-state index in [1.54, 1.807) is 6.92 Å². The highest BCUT2D eigenvalue weighted by molar-refractivity contribution is 6.03. The van der Waals surface area contributed by atoms with Gasteiger partial charge in [0, 0.05) is 41.6 Å². The van der Waals surface area contributed by atoms with Gasteiger partial charge in [0.25, 0.3) is 0 Å². The summed E-state index contributed by atoms with van der Waals surface area (Å²) in [4.78, 5) is 11.4. The molecule has 29 heavy (non-hydrogen) atoms. The van der Waals surface area contributed by atoms with E-state index >= 15 is 0 Å². The molecule has 0 radical (unpaired) electrons. The third-order valence-electron chi connectivity index (χ3n) is 5.36. The average molecular weight is 390 g/mol. The Hall–Kier alpha value is -3.14. The summed E-state index contributed by atoms with van der Waals surface area (Å²) in [7, 11) is 2.11. The molecule has 0 fully saturated rings. The van der Waals surface area contributed by atoms with Crippen molar-refractivity contribution in [3.63, 3.8) is 0 Å². The average Bonchev–Trinajstić information content (AvgIpc) is 2.90. The summed E-state index contributed by atoms with van der Waals surface area (Å²) in [5, 5.41) is 3.35. The number of nitrogens with one attached hydrogen (secondary N) is 1. The summed E-state index contributed by atoms with van der Waals surface area (Å²) in [5.74, 6) is -0.340. The number of para-hydroxylation sites is 1. The Bertz CT molecular complexity index is 982. The lowest BCUT2D eigenvalue weighted by molar-refractivity contribution is -0.401. The normalized spacial score (nSPS) is 14.8. The predicted molar refractivity (Wildman–Crippen MR) is 119 cm³/mol. The number of allylic oxidation sites excluding steroid dienone is 1. The van der Waals surface area contributed by atoms with E-state index in [-0.39, 0.29) is 11.4 Å². The predicted octanol–water partition coefficient (Wildman–Crippen LogP) is 4.98. The van der Waals surface area contributed by atoms with Crippen molar-refractivity contribution in [2.75, 3.05) is 19.0 Å². The Morgan fingerprint density at radius 3 is 2.52 bits per heavy atom. The first-order chi connectivity index (χ1) is 13.8. The number of carbonyl (C=O) groups excluding carboxylic acids is 1. The van der Waals surface area contributed by atoms with Gasteiger partial charge in [-0.2, -0.15) is 4.58 Å². The lowest BCUT2D eigenvalue weighted by Crippen LogP contribution is -2.26. The van der Waals surface area contributed by atoms with Gasteiger partial charge in [0.1, 0.15) is 7.05 Å². The second-order valence-electron chi connectivity index (χ2n) is 7.93. The number of hydrogen-bond acceptors (Lipinski definition) is 3. The van der Waals surface area contributed by atoms with Crippen molar-refractivity contribution in [3.05, 3.63) is 84.1 Å². The first-order valence-corrected chi connectivity index (χ1v) is 9.86. The molecule has 0 aliphatic carbocycles. The van der Waals surface area contributed by atoms with E-state index in [4.69, 9.17) is 4.74 Å². The number of nitrogens with zero attached hydrogens (tertiary/aromatic N) is 1. The molecule has 1 aliphatic rings. The van der Waals surface area contributed by atoms with Crippen molar-refractivity contribution in [3.8, 4) is 0 Å². The van der Waals surface area contributed by atoms with Crippen LogP contribution in [0.3, 0.4) is 0 Å². The fraction of sp³-hybridized carbons (Fsp3) is 0.280. The van der Waals surface area contributed by atoms with Crippen LogP contribution in [-0.4, -0.2) is 29.9 Å². The Morgan fingerprint density at radius 2 is 1.86 bits per heavy atom. The van der Waals surface area contributed by atoms with Crippen LogP contribution >= 0.6 is 0 Å². The Morgan fingerprint density at radius 1 is 1.17 bits per heavy atom. The van der Waals surface area contributed by atoms with Gasteiger partial charge in [0.05, 0.1) is 12.0 Å². The van der Waals surface area contributed by atoms with Crippen LogP contribution in [0, 0.1) is 0 Å². The first-order valence-electron chi connectivity index (χ1n) is 9.86. The second kappa shape index (κ2) is 8.48. The third-order valence-corrected chi connectivity index (χ3v) is 5.36. The molecule has 2 aromatic carbocycles. The molecule has 0 bridgehead atoms. The molecule has 0 spiro atoms. The van der Waals surface area contributed by atoms with Crippen molar-refractivity contribution >= 4 is 23.1 Å². The number of fused-ring (bicyclic) bond motifs is 1. The first kappa shape index (κ1) is 20.6. The fourth-order valence-corrected chi connectivity index (χ4v) is 3.67. The van der Waals surface area contributed by atoms with Crippen LogP contribution in [-0.2, 0) is 21.4 Å². The van der Waals surface area contributed by atoms with Gasteiger partial charge in [0.2, 0.25) is 5.69 Å². The smallest absolute Gasteiger partial charge is 0.333 e. The van der Waals surface area contributed by atoms with E-state index < -0.39 is 0 Å². The molecule has 1 heterocycles. The zero-order chi connectivity index (χ0) is 21.0. The maximum Gasteiger partial charge on any atom is 0.333 e. The number of carbonyl (C=O) groups is 1. The molecule has 0 saturated heterocycles. The number of benzene rings is 2. The number of ether oxygens (including phenoxy) is 1. The van der Waals surface area contributed by atoms with Crippen molar-refractivity contribution in [1.29, 1.82) is 0 Å². The topological polar surface area (TPSA) is 41.3 Å². The third kappa shape index (κ3) is 4.48. The molecule has 0 atom stereocenters. The van der Waals surface area contributed by atoms with Crippen LogP contribution in [0.25, 0.3) is 0 Å². The Labute approximate surface area is 173 Å². The summed E-state index contributed by atoms with van der Waals surface area (Å²) in [6.45, 7) is 10.1. The fourth-order valence-electron chi connectivity index (χ4n) is 3.67. The van der Waals surface area contributed by atoms with Crippen LogP contribution in [0.2, 0.25) is 0 Å². The number of rotatable bonds is 7. The van der Waals surface area contributed by atoms with Gasteiger partial charge in [0.15, 0.2) is 5.71 Å². The minimum absolute atomic E-state index is 0.0331. The number of anilines is 1. The summed E-state index contributed by atoms with van der Waals surface area (Å²) < 4.78 is 7.40. The molecule has 2 aromatic rings. The minimum Gasteiger partial charge on any atom is -0.462 e. The van der Waals surface area contributed by atoms with Gasteiger partial charge in [-0.3, -0.25) is 0 Å². The maximum atomic E-state index is 11.4. The van der Waals surface area contributed by atoms with E-state index in [0.717, 1.165) is 11.3 Å². The molecule has 1 N–H and O–H groups in total. The van der Waals surface area contributed by atoms with E-state index in [0.29, 0.717) is 18.6 Å². The van der Waals surface area contributed by atoms with Gasteiger partial charge in [-0.05, 0) is 38.5 Å². The van der Waals surface area contributed by atoms with Crippen molar-refractivity contribution in [2.45, 2.75) is 32.6 Å². The highest BCUT2D eigenvalue weighted by Gasteiger charge is 2.42. The maximum absolute atomic E-state index is 11.4.